The molecule has 0 radical (unpaired) electrons. The summed E-state index contributed by atoms with van der Waals surface area (Å²) in [6.45, 7) is 0. The van der Waals surface area contributed by atoms with Gasteiger partial charge in [0.25, 0.3) is 0 Å². The first-order chi connectivity index (χ1) is 21.8. The topological polar surface area (TPSA) is 43.9 Å². The molecule has 0 unspecified atom stereocenters. The number of rotatable bonds is 2. The fraction of sp³-hybridized carbons (Fsp3) is 0. The summed E-state index contributed by atoms with van der Waals surface area (Å²) in [4.78, 5) is 10.5. The van der Waals surface area contributed by atoms with E-state index >= 15 is 0 Å². The van der Waals surface area contributed by atoms with Crippen molar-refractivity contribution >= 4 is 76.2 Å². The highest BCUT2D eigenvalue weighted by molar-refractivity contribution is 6.16. The Kier molecular flexibility index (Phi) is 4.69. The normalized spacial score (nSPS) is 12.1. The summed E-state index contributed by atoms with van der Waals surface area (Å²) in [6.07, 6.45) is 0. The van der Waals surface area contributed by atoms with Crippen molar-refractivity contribution in [1.29, 1.82) is 0 Å². The Morgan fingerprint density at radius 1 is 0.432 bits per heavy atom. The summed E-state index contributed by atoms with van der Waals surface area (Å²) in [7, 11) is 0. The van der Waals surface area contributed by atoms with Crippen LogP contribution in [0.15, 0.2) is 144 Å². The van der Waals surface area contributed by atoms with E-state index in [9.17, 15) is 0 Å². The van der Waals surface area contributed by atoms with Gasteiger partial charge < -0.3 is 4.42 Å². The molecule has 0 saturated carbocycles. The van der Waals surface area contributed by atoms with Crippen molar-refractivity contribution < 1.29 is 4.42 Å². The van der Waals surface area contributed by atoms with Crippen molar-refractivity contribution in [2.24, 2.45) is 0 Å². The summed E-state index contributed by atoms with van der Waals surface area (Å²) in [6, 6.07) is 49.1. The highest BCUT2D eigenvalue weighted by Crippen LogP contribution is 2.38. The zero-order chi connectivity index (χ0) is 28.8. The smallest absolute Gasteiger partial charge is 0.235 e. The average Bonchev–Trinajstić information content (AvgIpc) is 3.60. The molecule has 0 aliphatic carbocycles. The van der Waals surface area contributed by atoms with Gasteiger partial charge >= 0.3 is 0 Å². The van der Waals surface area contributed by atoms with E-state index in [-0.39, 0.29) is 0 Å². The van der Waals surface area contributed by atoms with E-state index in [4.69, 9.17) is 14.4 Å². The Hall–Kier alpha value is -6.00. The second-order valence-corrected chi connectivity index (χ2v) is 11.5. The SMILES string of the molecule is c1ccc2cc3c(cc2c1)c1cc2ccccc2cc1n3-c1nc(-c2ccc3c(c2)oc2ccccc23)c2ccccc2n1. The predicted octanol–water partition coefficient (Wildman–Crippen LogP) is 10.6. The van der Waals surface area contributed by atoms with Crippen LogP contribution < -0.4 is 0 Å². The lowest BCUT2D eigenvalue weighted by molar-refractivity contribution is 0.669. The van der Waals surface area contributed by atoms with Crippen molar-refractivity contribution in [2.75, 3.05) is 0 Å². The van der Waals surface area contributed by atoms with Gasteiger partial charge in [-0.05, 0) is 70.1 Å². The van der Waals surface area contributed by atoms with Gasteiger partial charge in [0.05, 0.1) is 22.2 Å². The van der Waals surface area contributed by atoms with Crippen LogP contribution in [0.5, 0.6) is 0 Å². The number of fused-ring (bicyclic) bond motifs is 9. The quantitative estimate of drug-likeness (QED) is 0.211. The van der Waals surface area contributed by atoms with Crippen molar-refractivity contribution in [3.63, 3.8) is 0 Å². The lowest BCUT2D eigenvalue weighted by atomic mass is 10.0. The number of hydrogen-bond donors (Lipinski definition) is 0. The Morgan fingerprint density at radius 2 is 1.00 bits per heavy atom. The second-order valence-electron chi connectivity index (χ2n) is 11.5. The molecule has 3 heterocycles. The lowest BCUT2D eigenvalue weighted by Gasteiger charge is -2.12. The largest absolute Gasteiger partial charge is 0.456 e. The molecule has 7 aromatic carbocycles. The minimum Gasteiger partial charge on any atom is -0.456 e. The molecule has 0 N–H and O–H groups in total. The molecule has 0 amide bonds. The molecule has 10 aromatic rings. The van der Waals surface area contributed by atoms with Gasteiger partial charge in [-0.2, -0.15) is 0 Å². The molecule has 4 heteroatoms. The third kappa shape index (κ3) is 3.33. The second kappa shape index (κ2) is 8.76. The van der Waals surface area contributed by atoms with Crippen LogP contribution in [0, 0.1) is 0 Å². The van der Waals surface area contributed by atoms with E-state index in [1.54, 1.807) is 0 Å². The first-order valence-corrected chi connectivity index (χ1v) is 14.8. The molecule has 0 bridgehead atoms. The van der Waals surface area contributed by atoms with Gasteiger partial charge in [0, 0.05) is 32.5 Å². The van der Waals surface area contributed by atoms with E-state index in [2.05, 4.69) is 114 Å². The molecule has 4 nitrogen and oxygen atoms in total. The van der Waals surface area contributed by atoms with E-state index in [1.807, 2.05) is 30.3 Å². The van der Waals surface area contributed by atoms with Crippen LogP contribution in [-0.4, -0.2) is 14.5 Å². The Morgan fingerprint density at radius 3 is 1.70 bits per heavy atom. The zero-order valence-electron chi connectivity index (χ0n) is 23.5. The maximum absolute atomic E-state index is 6.28. The van der Waals surface area contributed by atoms with Gasteiger partial charge in [0.15, 0.2) is 0 Å². The van der Waals surface area contributed by atoms with E-state index in [1.165, 1.54) is 32.3 Å². The molecular weight excluding hydrogens is 538 g/mol. The third-order valence-corrected chi connectivity index (χ3v) is 8.94. The third-order valence-electron chi connectivity index (χ3n) is 8.94. The molecule has 0 spiro atoms. The van der Waals surface area contributed by atoms with Crippen LogP contribution in [-0.2, 0) is 0 Å². The summed E-state index contributed by atoms with van der Waals surface area (Å²) in [5.74, 6) is 0.647. The van der Waals surface area contributed by atoms with Gasteiger partial charge in [0.2, 0.25) is 5.95 Å². The zero-order valence-corrected chi connectivity index (χ0v) is 23.5. The first-order valence-electron chi connectivity index (χ1n) is 14.8. The molecule has 0 aliphatic heterocycles. The van der Waals surface area contributed by atoms with Crippen molar-refractivity contribution in [3.8, 4) is 17.2 Å². The Labute approximate surface area is 251 Å². The van der Waals surface area contributed by atoms with Crippen LogP contribution in [0.2, 0.25) is 0 Å². The Bertz CT molecular complexity index is 2690. The average molecular weight is 562 g/mol. The van der Waals surface area contributed by atoms with Crippen LogP contribution in [0.1, 0.15) is 0 Å². The summed E-state index contributed by atoms with van der Waals surface area (Å²) in [5.41, 5.74) is 6.68. The van der Waals surface area contributed by atoms with Crippen LogP contribution >= 0.6 is 0 Å². The van der Waals surface area contributed by atoms with E-state index in [0.29, 0.717) is 5.95 Å². The maximum atomic E-state index is 6.28. The van der Waals surface area contributed by atoms with Gasteiger partial charge in [-0.1, -0.05) is 91.0 Å². The van der Waals surface area contributed by atoms with E-state index < -0.39 is 0 Å². The van der Waals surface area contributed by atoms with Crippen LogP contribution in [0.25, 0.3) is 93.4 Å². The summed E-state index contributed by atoms with van der Waals surface area (Å²) >= 11 is 0. The molecule has 10 rings (SSSR count). The minimum atomic E-state index is 0.647. The van der Waals surface area contributed by atoms with Crippen molar-refractivity contribution in [3.05, 3.63) is 140 Å². The van der Waals surface area contributed by atoms with Crippen LogP contribution in [0.4, 0.5) is 0 Å². The number of furan rings is 1. The number of hydrogen-bond acceptors (Lipinski definition) is 3. The molecular formula is C40H23N3O. The highest BCUT2D eigenvalue weighted by atomic mass is 16.3. The fourth-order valence-electron chi connectivity index (χ4n) is 6.86. The molecule has 204 valence electrons. The Balaban J connectivity index is 1.31. The minimum absolute atomic E-state index is 0.647. The van der Waals surface area contributed by atoms with Gasteiger partial charge in [-0.25, -0.2) is 9.97 Å². The lowest BCUT2D eigenvalue weighted by Crippen LogP contribution is -2.03. The summed E-state index contributed by atoms with van der Waals surface area (Å²) < 4.78 is 8.51. The standard InChI is InChI=1S/C40H23N3O/c1-3-11-26-21-35-32(19-24(26)9-1)33-20-25-10-2-4-12-27(25)22-36(33)43(35)40-41-34-15-7-5-14-31(34)39(42-40)28-17-18-30-29-13-6-8-16-37(29)44-38(30)23-28/h1-23H. The molecule has 44 heavy (non-hydrogen) atoms. The summed E-state index contributed by atoms with van der Waals surface area (Å²) in [5, 5.41) is 10.4. The molecule has 0 atom stereocenters. The molecule has 0 aliphatic rings. The number of aromatic nitrogens is 3. The number of nitrogens with zero attached hydrogens (tertiary/aromatic N) is 3. The molecule has 0 saturated heterocycles. The van der Waals surface area contributed by atoms with Crippen molar-refractivity contribution in [1.82, 2.24) is 14.5 Å². The molecule has 0 fully saturated rings. The number of para-hydroxylation sites is 2. The maximum Gasteiger partial charge on any atom is 0.235 e. The molecule has 3 aromatic heterocycles. The monoisotopic (exact) mass is 561 g/mol. The van der Waals surface area contributed by atoms with Crippen LogP contribution in [0.3, 0.4) is 0 Å². The fourth-order valence-corrected chi connectivity index (χ4v) is 6.86. The van der Waals surface area contributed by atoms with Gasteiger partial charge in [-0.15, -0.1) is 0 Å². The van der Waals surface area contributed by atoms with Crippen molar-refractivity contribution in [2.45, 2.75) is 0 Å². The van der Waals surface area contributed by atoms with Gasteiger partial charge in [0.1, 0.15) is 11.2 Å². The number of benzene rings is 7. The van der Waals surface area contributed by atoms with Gasteiger partial charge in [-0.3, -0.25) is 4.57 Å². The van der Waals surface area contributed by atoms with E-state index in [0.717, 1.165) is 55.1 Å². The first kappa shape index (κ1) is 23.6. The predicted molar refractivity (Wildman–Crippen MR) is 182 cm³/mol. The highest BCUT2D eigenvalue weighted by Gasteiger charge is 2.19.